The van der Waals surface area contributed by atoms with Crippen LogP contribution < -0.4 is 10.1 Å². The fourth-order valence-electron chi connectivity index (χ4n) is 3.50. The molecule has 2 aromatic rings. The summed E-state index contributed by atoms with van der Waals surface area (Å²) >= 11 is 12.2. The molecular weight excluding hydrogens is 407 g/mol. The van der Waals surface area contributed by atoms with Crippen molar-refractivity contribution in [3.05, 3.63) is 63.6 Å². The highest BCUT2D eigenvalue weighted by atomic mass is 35.5. The molecule has 1 aliphatic rings. The van der Waals surface area contributed by atoms with Crippen molar-refractivity contribution in [3.8, 4) is 5.75 Å². The summed E-state index contributed by atoms with van der Waals surface area (Å²) < 4.78 is 5.77. The lowest BCUT2D eigenvalue weighted by molar-refractivity contribution is -0.127. The molecule has 0 bridgehead atoms. The minimum atomic E-state index is -0.0327. The van der Waals surface area contributed by atoms with Gasteiger partial charge in [0, 0.05) is 22.5 Å². The van der Waals surface area contributed by atoms with E-state index in [-0.39, 0.29) is 17.9 Å². The molecule has 3 rings (SSSR count). The third-order valence-corrected chi connectivity index (χ3v) is 5.86. The maximum Gasteiger partial charge on any atom is 0.223 e. The number of aryl methyl sites for hydroxylation is 1. The molecule has 1 saturated heterocycles. The summed E-state index contributed by atoms with van der Waals surface area (Å²) in [5.41, 5.74) is 2.27. The first kappa shape index (κ1) is 21.9. The number of nitrogens with one attached hydrogen (secondary N) is 1. The van der Waals surface area contributed by atoms with Crippen molar-refractivity contribution < 1.29 is 9.53 Å². The van der Waals surface area contributed by atoms with E-state index < -0.39 is 0 Å². The average Bonchev–Trinajstić information content (AvgIpc) is 2.70. The zero-order chi connectivity index (χ0) is 20.8. The van der Waals surface area contributed by atoms with E-state index in [0.717, 1.165) is 43.8 Å². The highest BCUT2D eigenvalue weighted by molar-refractivity contribution is 6.35. The Morgan fingerprint density at radius 1 is 1.17 bits per heavy atom. The number of hydrogen-bond acceptors (Lipinski definition) is 3. The first-order chi connectivity index (χ1) is 13.9. The number of ether oxygens (including phenoxy) is 1. The van der Waals surface area contributed by atoms with Crippen molar-refractivity contribution in [2.45, 2.75) is 39.3 Å². The van der Waals surface area contributed by atoms with Crippen LogP contribution in [0.15, 0.2) is 42.5 Å². The molecule has 6 heteroatoms. The molecule has 0 unspecified atom stereocenters. The van der Waals surface area contributed by atoms with Gasteiger partial charge in [-0.2, -0.15) is 0 Å². The van der Waals surface area contributed by atoms with Gasteiger partial charge < -0.3 is 10.1 Å². The van der Waals surface area contributed by atoms with Crippen LogP contribution in [0, 0.1) is 12.8 Å². The summed E-state index contributed by atoms with van der Waals surface area (Å²) in [6.45, 7) is 7.02. The maximum atomic E-state index is 12.6. The zero-order valence-electron chi connectivity index (χ0n) is 17.0. The van der Waals surface area contributed by atoms with Crippen LogP contribution >= 0.6 is 23.2 Å². The molecule has 0 aliphatic carbocycles. The second-order valence-electron chi connectivity index (χ2n) is 7.82. The third-order valence-electron chi connectivity index (χ3n) is 5.28. The molecule has 0 spiro atoms. The van der Waals surface area contributed by atoms with E-state index in [1.54, 1.807) is 6.07 Å². The van der Waals surface area contributed by atoms with Crippen LogP contribution in [0.4, 0.5) is 0 Å². The normalized spacial score (nSPS) is 16.4. The number of nitrogens with zero attached hydrogens (tertiary/aromatic N) is 1. The minimum absolute atomic E-state index is 0.0327. The zero-order valence-corrected chi connectivity index (χ0v) is 18.5. The van der Waals surface area contributed by atoms with Crippen LogP contribution in [-0.2, 0) is 11.3 Å². The SMILES string of the molecule is Cc1ccc(OC[C@@H](C)NC(=O)C2CCN(Cc3ccc(Cl)cc3Cl)CC2)cc1. The van der Waals surface area contributed by atoms with Crippen molar-refractivity contribution >= 4 is 29.1 Å². The number of halogens is 2. The largest absolute Gasteiger partial charge is 0.491 e. The van der Waals surface area contributed by atoms with Gasteiger partial charge in [0.15, 0.2) is 0 Å². The number of carbonyl (C=O) groups excluding carboxylic acids is 1. The first-order valence-corrected chi connectivity index (χ1v) is 10.8. The van der Waals surface area contributed by atoms with Crippen LogP contribution in [0.25, 0.3) is 0 Å². The van der Waals surface area contributed by atoms with Gasteiger partial charge in [0.25, 0.3) is 0 Å². The topological polar surface area (TPSA) is 41.6 Å². The van der Waals surface area contributed by atoms with Crippen LogP contribution in [0.2, 0.25) is 10.0 Å². The second kappa shape index (κ2) is 10.3. The van der Waals surface area contributed by atoms with Crippen LogP contribution in [0.1, 0.15) is 30.9 Å². The molecule has 156 valence electrons. The third kappa shape index (κ3) is 6.63. The van der Waals surface area contributed by atoms with Gasteiger partial charge in [0.1, 0.15) is 12.4 Å². The molecular formula is C23H28Cl2N2O2. The molecule has 2 aromatic carbocycles. The van der Waals surface area contributed by atoms with E-state index in [2.05, 4.69) is 10.2 Å². The van der Waals surface area contributed by atoms with Gasteiger partial charge in [0.2, 0.25) is 5.91 Å². The Kier molecular flexibility index (Phi) is 7.82. The van der Waals surface area contributed by atoms with Crippen molar-refractivity contribution in [3.63, 3.8) is 0 Å². The van der Waals surface area contributed by atoms with E-state index in [9.17, 15) is 4.79 Å². The van der Waals surface area contributed by atoms with Gasteiger partial charge >= 0.3 is 0 Å². The van der Waals surface area contributed by atoms with Gasteiger partial charge in [0.05, 0.1) is 6.04 Å². The van der Waals surface area contributed by atoms with E-state index in [0.29, 0.717) is 16.7 Å². The molecule has 0 radical (unpaired) electrons. The van der Waals surface area contributed by atoms with Gasteiger partial charge in [-0.1, -0.05) is 47.0 Å². The monoisotopic (exact) mass is 434 g/mol. The highest BCUT2D eigenvalue weighted by Gasteiger charge is 2.26. The predicted molar refractivity (Wildman–Crippen MR) is 119 cm³/mol. The van der Waals surface area contributed by atoms with Crippen LogP contribution in [0.3, 0.4) is 0 Å². The van der Waals surface area contributed by atoms with Crippen molar-refractivity contribution in [2.75, 3.05) is 19.7 Å². The molecule has 0 aromatic heterocycles. The van der Waals surface area contributed by atoms with Crippen molar-refractivity contribution in [1.29, 1.82) is 0 Å². The van der Waals surface area contributed by atoms with Crippen molar-refractivity contribution in [2.24, 2.45) is 5.92 Å². The Hall–Kier alpha value is -1.75. The van der Waals surface area contributed by atoms with E-state index in [4.69, 9.17) is 27.9 Å². The standard InChI is InChI=1S/C23H28Cl2N2O2/c1-16-3-7-21(8-4-16)29-15-17(2)26-23(28)18-9-11-27(12-10-18)14-19-5-6-20(24)13-22(19)25/h3-8,13,17-18H,9-12,14-15H2,1-2H3,(H,26,28)/t17-/m1/s1. The molecule has 1 amide bonds. The first-order valence-electron chi connectivity index (χ1n) is 10.1. The quantitative estimate of drug-likeness (QED) is 0.658. The Bertz CT molecular complexity index is 818. The Labute approximate surface area is 183 Å². The van der Waals surface area contributed by atoms with E-state index >= 15 is 0 Å². The van der Waals surface area contributed by atoms with E-state index in [1.807, 2.05) is 50.2 Å². The number of rotatable bonds is 7. The summed E-state index contributed by atoms with van der Waals surface area (Å²) in [5.74, 6) is 0.994. The lowest BCUT2D eigenvalue weighted by Gasteiger charge is -2.32. The van der Waals surface area contributed by atoms with Gasteiger partial charge in [-0.05, 0) is 69.6 Å². The predicted octanol–water partition coefficient (Wildman–Crippen LogP) is 5.10. The summed E-state index contributed by atoms with van der Waals surface area (Å²) in [4.78, 5) is 14.9. The molecule has 1 heterocycles. The Morgan fingerprint density at radius 2 is 1.86 bits per heavy atom. The van der Waals surface area contributed by atoms with Gasteiger partial charge in [-0.25, -0.2) is 0 Å². The molecule has 1 aliphatic heterocycles. The maximum absolute atomic E-state index is 12.6. The minimum Gasteiger partial charge on any atom is -0.491 e. The average molecular weight is 435 g/mol. The molecule has 29 heavy (non-hydrogen) atoms. The smallest absolute Gasteiger partial charge is 0.223 e. The number of amides is 1. The molecule has 1 N–H and O–H groups in total. The Morgan fingerprint density at radius 3 is 2.52 bits per heavy atom. The highest BCUT2D eigenvalue weighted by Crippen LogP contribution is 2.25. The van der Waals surface area contributed by atoms with Crippen LogP contribution in [-0.4, -0.2) is 36.5 Å². The fourth-order valence-corrected chi connectivity index (χ4v) is 3.97. The second-order valence-corrected chi connectivity index (χ2v) is 8.66. The van der Waals surface area contributed by atoms with Crippen molar-refractivity contribution in [1.82, 2.24) is 10.2 Å². The molecule has 1 fully saturated rings. The van der Waals surface area contributed by atoms with Gasteiger partial charge in [-0.3, -0.25) is 9.69 Å². The lowest BCUT2D eigenvalue weighted by Crippen LogP contribution is -2.44. The lowest BCUT2D eigenvalue weighted by atomic mass is 9.95. The number of hydrogen-bond donors (Lipinski definition) is 1. The Balaban J connectivity index is 1.40. The summed E-state index contributed by atoms with van der Waals surface area (Å²) in [5, 5.41) is 4.43. The number of piperidine rings is 1. The number of carbonyl (C=O) groups is 1. The van der Waals surface area contributed by atoms with E-state index in [1.165, 1.54) is 5.56 Å². The summed E-state index contributed by atoms with van der Waals surface area (Å²) in [6, 6.07) is 13.5. The number of benzene rings is 2. The van der Waals surface area contributed by atoms with Gasteiger partial charge in [-0.15, -0.1) is 0 Å². The molecule has 0 saturated carbocycles. The summed E-state index contributed by atoms with van der Waals surface area (Å²) in [7, 11) is 0. The molecule has 4 nitrogen and oxygen atoms in total. The fraction of sp³-hybridized carbons (Fsp3) is 0.435. The number of likely N-dealkylation sites (tertiary alicyclic amines) is 1. The van der Waals surface area contributed by atoms with Crippen LogP contribution in [0.5, 0.6) is 5.75 Å². The summed E-state index contributed by atoms with van der Waals surface area (Å²) in [6.07, 6.45) is 1.70. The molecule has 1 atom stereocenters.